The molecule has 5 heteroatoms. The first-order valence-corrected chi connectivity index (χ1v) is 6.53. The van der Waals surface area contributed by atoms with E-state index in [0.717, 1.165) is 5.56 Å². The van der Waals surface area contributed by atoms with Crippen LogP contribution in [0.2, 0.25) is 0 Å². The molecule has 0 fully saturated rings. The van der Waals surface area contributed by atoms with Crippen LogP contribution in [0.3, 0.4) is 0 Å². The summed E-state index contributed by atoms with van der Waals surface area (Å²) in [5, 5.41) is 0. The van der Waals surface area contributed by atoms with Crippen LogP contribution in [0.25, 0.3) is 0 Å². The van der Waals surface area contributed by atoms with E-state index < -0.39 is 12.8 Å². The van der Waals surface area contributed by atoms with Gasteiger partial charge in [0.25, 0.3) is 0 Å². The van der Waals surface area contributed by atoms with Gasteiger partial charge in [-0.05, 0) is 17.0 Å². The first-order valence-electron chi connectivity index (χ1n) is 6.53. The molecule has 112 valence electrons. The summed E-state index contributed by atoms with van der Waals surface area (Å²) in [5.41, 5.74) is 2.06. The minimum atomic E-state index is -4.34. The maximum Gasteiger partial charge on any atom is 0.411 e. The fraction of sp³-hybridized carbons (Fsp3) is 0.533. The number of ether oxygens (including phenoxy) is 1. The molecule has 20 heavy (non-hydrogen) atoms. The number of carbonyl (C=O) groups excluding carboxylic acids is 1. The van der Waals surface area contributed by atoms with Crippen LogP contribution < -0.4 is 0 Å². The zero-order valence-corrected chi connectivity index (χ0v) is 11.7. The first kappa shape index (κ1) is 16.7. The smallest absolute Gasteiger partial charge is 0.372 e. The minimum Gasteiger partial charge on any atom is -0.372 e. The molecule has 0 radical (unpaired) electrons. The fourth-order valence-electron chi connectivity index (χ4n) is 1.71. The highest BCUT2D eigenvalue weighted by Crippen LogP contribution is 2.16. The Balaban J connectivity index is 2.32. The second-order valence-corrected chi connectivity index (χ2v) is 5.03. The summed E-state index contributed by atoms with van der Waals surface area (Å²) in [7, 11) is 0. The third-order valence-corrected chi connectivity index (χ3v) is 2.84. The van der Waals surface area contributed by atoms with Gasteiger partial charge in [0.15, 0.2) is 0 Å². The number of halogens is 3. The van der Waals surface area contributed by atoms with Gasteiger partial charge < -0.3 is 4.74 Å². The van der Waals surface area contributed by atoms with Crippen molar-refractivity contribution >= 4 is 5.78 Å². The largest absolute Gasteiger partial charge is 0.411 e. The molecule has 0 aromatic heterocycles. The molecule has 0 amide bonds. The predicted molar refractivity (Wildman–Crippen MR) is 70.7 cm³/mol. The lowest BCUT2D eigenvalue weighted by Gasteiger charge is -2.08. The molecule has 0 saturated heterocycles. The van der Waals surface area contributed by atoms with E-state index in [4.69, 9.17) is 0 Å². The molecular formula is C15H19F3O2. The van der Waals surface area contributed by atoms with Gasteiger partial charge in [-0.2, -0.15) is 13.2 Å². The Kier molecular flexibility index (Phi) is 6.20. The van der Waals surface area contributed by atoms with E-state index in [2.05, 4.69) is 18.6 Å². The highest BCUT2D eigenvalue weighted by atomic mass is 19.4. The second kappa shape index (κ2) is 7.43. The van der Waals surface area contributed by atoms with Gasteiger partial charge >= 0.3 is 6.18 Å². The van der Waals surface area contributed by atoms with Crippen LogP contribution in [0.5, 0.6) is 0 Å². The summed E-state index contributed by atoms with van der Waals surface area (Å²) in [6.45, 7) is 2.67. The van der Waals surface area contributed by atoms with Gasteiger partial charge in [-0.25, -0.2) is 0 Å². The normalized spacial score (nSPS) is 11.9. The van der Waals surface area contributed by atoms with Crippen LogP contribution in [0, 0.1) is 0 Å². The van der Waals surface area contributed by atoms with Crippen molar-refractivity contribution in [3.05, 3.63) is 35.4 Å². The Hall–Kier alpha value is -1.36. The number of carbonyl (C=O) groups is 1. The summed E-state index contributed by atoms with van der Waals surface area (Å²) in [6.07, 6.45) is -4.11. The van der Waals surface area contributed by atoms with Crippen LogP contribution in [-0.2, 0) is 16.0 Å². The molecule has 2 nitrogen and oxygen atoms in total. The van der Waals surface area contributed by atoms with E-state index >= 15 is 0 Å². The van der Waals surface area contributed by atoms with Crippen molar-refractivity contribution in [2.75, 3.05) is 13.2 Å². The van der Waals surface area contributed by atoms with Crippen molar-refractivity contribution < 1.29 is 22.7 Å². The second-order valence-electron chi connectivity index (χ2n) is 5.03. The average molecular weight is 288 g/mol. The van der Waals surface area contributed by atoms with Gasteiger partial charge in [0.1, 0.15) is 12.4 Å². The van der Waals surface area contributed by atoms with Gasteiger partial charge in [-0.3, -0.25) is 4.79 Å². The molecule has 0 bridgehead atoms. The molecule has 0 saturated carbocycles. The van der Waals surface area contributed by atoms with Gasteiger partial charge in [-0.15, -0.1) is 0 Å². The van der Waals surface area contributed by atoms with E-state index in [1.807, 2.05) is 24.3 Å². The third kappa shape index (κ3) is 6.70. The van der Waals surface area contributed by atoms with E-state index in [1.54, 1.807) is 0 Å². The number of rotatable bonds is 7. The Morgan fingerprint density at radius 3 is 2.30 bits per heavy atom. The summed E-state index contributed by atoms with van der Waals surface area (Å²) in [5.74, 6) is 0.306. The third-order valence-electron chi connectivity index (χ3n) is 2.84. The quantitative estimate of drug-likeness (QED) is 0.711. The Morgan fingerprint density at radius 1 is 1.20 bits per heavy atom. The molecule has 0 spiro atoms. The van der Waals surface area contributed by atoms with Crippen LogP contribution in [0.4, 0.5) is 13.2 Å². The van der Waals surface area contributed by atoms with Crippen molar-refractivity contribution in [3.8, 4) is 0 Å². The molecule has 0 unspecified atom stereocenters. The van der Waals surface area contributed by atoms with E-state index in [1.165, 1.54) is 5.56 Å². The van der Waals surface area contributed by atoms with E-state index in [-0.39, 0.29) is 25.2 Å². The summed E-state index contributed by atoms with van der Waals surface area (Å²) >= 11 is 0. The molecule has 1 aromatic rings. The van der Waals surface area contributed by atoms with Crippen LogP contribution >= 0.6 is 0 Å². The monoisotopic (exact) mass is 288 g/mol. The maximum atomic E-state index is 11.8. The number of ketones is 1. The molecule has 1 aromatic carbocycles. The SMILES string of the molecule is CC(C)c1ccc(CC(=O)CCOCC(F)(F)F)cc1. The zero-order chi connectivity index (χ0) is 15.2. The summed E-state index contributed by atoms with van der Waals surface area (Å²) in [4.78, 5) is 11.6. The lowest BCUT2D eigenvalue weighted by Crippen LogP contribution is -2.18. The molecule has 0 aliphatic carbocycles. The minimum absolute atomic E-state index is 0.00200. The Labute approximate surface area is 116 Å². The molecule has 0 heterocycles. The van der Waals surface area contributed by atoms with E-state index in [9.17, 15) is 18.0 Å². The van der Waals surface area contributed by atoms with Gasteiger partial charge in [-0.1, -0.05) is 38.1 Å². The fourth-order valence-corrected chi connectivity index (χ4v) is 1.71. The highest BCUT2D eigenvalue weighted by molar-refractivity contribution is 5.80. The highest BCUT2D eigenvalue weighted by Gasteiger charge is 2.27. The average Bonchev–Trinajstić information content (AvgIpc) is 2.34. The molecular weight excluding hydrogens is 269 g/mol. The Bertz CT molecular complexity index is 422. The van der Waals surface area contributed by atoms with Crippen molar-refractivity contribution in [1.82, 2.24) is 0 Å². The Morgan fingerprint density at radius 2 is 1.80 bits per heavy atom. The van der Waals surface area contributed by atoms with Crippen molar-refractivity contribution in [2.24, 2.45) is 0 Å². The zero-order valence-electron chi connectivity index (χ0n) is 11.7. The summed E-state index contributed by atoms with van der Waals surface area (Å²) in [6, 6.07) is 7.69. The van der Waals surface area contributed by atoms with Crippen LogP contribution in [0.1, 0.15) is 37.3 Å². The molecule has 0 aliphatic rings. The van der Waals surface area contributed by atoms with Gasteiger partial charge in [0.2, 0.25) is 0 Å². The van der Waals surface area contributed by atoms with Crippen LogP contribution in [0.15, 0.2) is 24.3 Å². The van der Waals surface area contributed by atoms with Crippen molar-refractivity contribution in [1.29, 1.82) is 0 Å². The lowest BCUT2D eigenvalue weighted by atomic mass is 10.00. The van der Waals surface area contributed by atoms with Gasteiger partial charge in [0.05, 0.1) is 6.61 Å². The van der Waals surface area contributed by atoms with Gasteiger partial charge in [0, 0.05) is 12.8 Å². The molecule has 0 atom stereocenters. The topological polar surface area (TPSA) is 26.3 Å². The number of benzene rings is 1. The standard InChI is InChI=1S/C15H19F3O2/c1-11(2)13-5-3-12(4-6-13)9-14(19)7-8-20-10-15(16,17)18/h3-6,11H,7-10H2,1-2H3. The summed E-state index contributed by atoms with van der Waals surface area (Å²) < 4.78 is 39.9. The number of Topliss-reactive ketones (excluding diaryl/α,β-unsaturated/α-hetero) is 1. The number of hydrogen-bond donors (Lipinski definition) is 0. The van der Waals surface area contributed by atoms with E-state index in [0.29, 0.717) is 5.92 Å². The molecule has 1 rings (SSSR count). The van der Waals surface area contributed by atoms with Crippen molar-refractivity contribution in [3.63, 3.8) is 0 Å². The predicted octanol–water partition coefficient (Wildman–Crippen LogP) is 3.89. The molecule has 0 N–H and O–H groups in total. The van der Waals surface area contributed by atoms with Crippen LogP contribution in [-0.4, -0.2) is 25.2 Å². The number of alkyl halides is 3. The van der Waals surface area contributed by atoms with Crippen molar-refractivity contribution in [2.45, 2.75) is 38.8 Å². The maximum absolute atomic E-state index is 11.8. The first-order chi connectivity index (χ1) is 9.28. The lowest BCUT2D eigenvalue weighted by molar-refractivity contribution is -0.174. The number of hydrogen-bond acceptors (Lipinski definition) is 2. The molecule has 0 aliphatic heterocycles.